The van der Waals surface area contributed by atoms with Crippen LogP contribution in [0.25, 0.3) is 12.2 Å². The first-order valence-corrected chi connectivity index (χ1v) is 6.13. The number of benzene rings is 2. The lowest BCUT2D eigenvalue weighted by Gasteiger charge is -2.03. The van der Waals surface area contributed by atoms with Crippen LogP contribution in [0, 0.1) is 6.92 Å². The number of esters is 1. The molecular weight excluding hydrogens is 236 g/mol. The van der Waals surface area contributed by atoms with Gasteiger partial charge in [0, 0.05) is 0 Å². The van der Waals surface area contributed by atoms with E-state index in [9.17, 15) is 4.79 Å². The van der Waals surface area contributed by atoms with Gasteiger partial charge in [-0.1, -0.05) is 60.2 Å². The standard InChI is InChI=1S/C17H16O2/c1-13-7-9-14(10-8-13)11-12-15-5-3-4-6-16(15)17(18)19-2/h3-12H,1-2H3/b12-11+. The third-order valence-electron chi connectivity index (χ3n) is 2.90. The molecule has 0 fully saturated rings. The van der Waals surface area contributed by atoms with Gasteiger partial charge in [-0.05, 0) is 24.1 Å². The highest BCUT2D eigenvalue weighted by Gasteiger charge is 2.08. The van der Waals surface area contributed by atoms with Gasteiger partial charge < -0.3 is 4.74 Å². The second-order valence-electron chi connectivity index (χ2n) is 4.32. The van der Waals surface area contributed by atoms with Crippen molar-refractivity contribution in [3.8, 4) is 0 Å². The molecule has 2 aromatic carbocycles. The lowest BCUT2D eigenvalue weighted by atomic mass is 10.1. The fourth-order valence-corrected chi connectivity index (χ4v) is 1.80. The number of hydrogen-bond acceptors (Lipinski definition) is 2. The molecule has 2 rings (SSSR count). The van der Waals surface area contributed by atoms with Gasteiger partial charge in [0.1, 0.15) is 0 Å². The molecule has 96 valence electrons. The second kappa shape index (κ2) is 6.01. The third kappa shape index (κ3) is 3.32. The molecule has 0 unspecified atom stereocenters. The second-order valence-corrected chi connectivity index (χ2v) is 4.32. The Morgan fingerprint density at radius 3 is 2.37 bits per heavy atom. The highest BCUT2D eigenvalue weighted by atomic mass is 16.5. The topological polar surface area (TPSA) is 26.3 Å². The molecule has 0 bridgehead atoms. The largest absolute Gasteiger partial charge is 0.465 e. The maximum absolute atomic E-state index is 11.6. The highest BCUT2D eigenvalue weighted by molar-refractivity contribution is 5.94. The summed E-state index contributed by atoms with van der Waals surface area (Å²) in [6.07, 6.45) is 3.91. The molecule has 0 amide bonds. The zero-order chi connectivity index (χ0) is 13.7. The van der Waals surface area contributed by atoms with Crippen molar-refractivity contribution in [1.29, 1.82) is 0 Å². The lowest BCUT2D eigenvalue weighted by molar-refractivity contribution is 0.0600. The van der Waals surface area contributed by atoms with Crippen LogP contribution < -0.4 is 0 Å². The van der Waals surface area contributed by atoms with Crippen LogP contribution in [0.3, 0.4) is 0 Å². The zero-order valence-corrected chi connectivity index (χ0v) is 11.1. The van der Waals surface area contributed by atoms with Gasteiger partial charge in [-0.2, -0.15) is 0 Å². The maximum atomic E-state index is 11.6. The molecule has 0 saturated carbocycles. The van der Waals surface area contributed by atoms with Crippen molar-refractivity contribution in [3.63, 3.8) is 0 Å². The Hall–Kier alpha value is -2.35. The van der Waals surface area contributed by atoms with Crippen molar-refractivity contribution in [2.75, 3.05) is 7.11 Å². The molecule has 0 saturated heterocycles. The van der Waals surface area contributed by atoms with Crippen molar-refractivity contribution >= 4 is 18.1 Å². The Bertz CT molecular complexity index is 595. The molecule has 19 heavy (non-hydrogen) atoms. The lowest BCUT2D eigenvalue weighted by Crippen LogP contribution is -2.02. The van der Waals surface area contributed by atoms with Crippen LogP contribution >= 0.6 is 0 Å². The van der Waals surface area contributed by atoms with E-state index in [-0.39, 0.29) is 5.97 Å². The van der Waals surface area contributed by atoms with Crippen LogP contribution in [0.4, 0.5) is 0 Å². The van der Waals surface area contributed by atoms with Gasteiger partial charge in [-0.25, -0.2) is 4.79 Å². The van der Waals surface area contributed by atoms with Gasteiger partial charge >= 0.3 is 5.97 Å². The van der Waals surface area contributed by atoms with Gasteiger partial charge in [0.25, 0.3) is 0 Å². The highest BCUT2D eigenvalue weighted by Crippen LogP contribution is 2.14. The van der Waals surface area contributed by atoms with Crippen molar-refractivity contribution in [2.24, 2.45) is 0 Å². The van der Waals surface area contributed by atoms with Crippen LogP contribution in [-0.2, 0) is 4.74 Å². The molecule has 2 heteroatoms. The van der Waals surface area contributed by atoms with E-state index in [1.54, 1.807) is 6.07 Å². The van der Waals surface area contributed by atoms with Crippen LogP contribution in [0.15, 0.2) is 48.5 Å². The Labute approximate surface area is 113 Å². The minimum Gasteiger partial charge on any atom is -0.465 e. The van der Waals surface area contributed by atoms with Gasteiger partial charge in [0.15, 0.2) is 0 Å². The minimum atomic E-state index is -0.316. The summed E-state index contributed by atoms with van der Waals surface area (Å²) >= 11 is 0. The number of carbonyl (C=O) groups excluding carboxylic acids is 1. The van der Waals surface area contributed by atoms with E-state index in [4.69, 9.17) is 4.74 Å². The predicted molar refractivity (Wildman–Crippen MR) is 77.9 cm³/mol. The van der Waals surface area contributed by atoms with Gasteiger partial charge in [-0.3, -0.25) is 0 Å². The summed E-state index contributed by atoms with van der Waals surface area (Å²) in [6, 6.07) is 15.6. The van der Waals surface area contributed by atoms with Gasteiger partial charge in [0.05, 0.1) is 12.7 Å². The summed E-state index contributed by atoms with van der Waals surface area (Å²) in [5.74, 6) is -0.316. The van der Waals surface area contributed by atoms with E-state index in [1.807, 2.05) is 42.5 Å². The van der Waals surface area contributed by atoms with Crippen LogP contribution in [-0.4, -0.2) is 13.1 Å². The summed E-state index contributed by atoms with van der Waals surface area (Å²) in [5, 5.41) is 0. The summed E-state index contributed by atoms with van der Waals surface area (Å²) in [4.78, 5) is 11.6. The SMILES string of the molecule is COC(=O)c1ccccc1/C=C/c1ccc(C)cc1. The van der Waals surface area contributed by atoms with Crippen molar-refractivity contribution in [3.05, 3.63) is 70.8 Å². The fraction of sp³-hybridized carbons (Fsp3) is 0.118. The molecule has 2 nitrogen and oxygen atoms in total. The number of methoxy groups -OCH3 is 1. The van der Waals surface area contributed by atoms with E-state index in [0.29, 0.717) is 5.56 Å². The maximum Gasteiger partial charge on any atom is 0.338 e. The molecular formula is C17H16O2. The van der Waals surface area contributed by atoms with E-state index in [1.165, 1.54) is 12.7 Å². The van der Waals surface area contributed by atoms with E-state index < -0.39 is 0 Å². The first kappa shape index (κ1) is 13.1. The smallest absolute Gasteiger partial charge is 0.338 e. The van der Waals surface area contributed by atoms with Crippen LogP contribution in [0.1, 0.15) is 27.0 Å². The molecule has 0 aromatic heterocycles. The Morgan fingerprint density at radius 2 is 1.68 bits per heavy atom. The number of carbonyl (C=O) groups is 1. The van der Waals surface area contributed by atoms with E-state index in [0.717, 1.165) is 11.1 Å². The normalized spacial score (nSPS) is 10.6. The number of aryl methyl sites for hydroxylation is 1. The first-order chi connectivity index (χ1) is 9.20. The number of rotatable bonds is 3. The average Bonchev–Trinajstić information content (AvgIpc) is 2.46. The summed E-state index contributed by atoms with van der Waals surface area (Å²) < 4.78 is 4.77. The van der Waals surface area contributed by atoms with Crippen molar-refractivity contribution in [2.45, 2.75) is 6.92 Å². The zero-order valence-electron chi connectivity index (χ0n) is 11.1. The molecule has 0 N–H and O–H groups in total. The van der Waals surface area contributed by atoms with E-state index >= 15 is 0 Å². The van der Waals surface area contributed by atoms with Crippen LogP contribution in [0.5, 0.6) is 0 Å². The third-order valence-corrected chi connectivity index (χ3v) is 2.90. The molecule has 2 aromatic rings. The molecule has 0 radical (unpaired) electrons. The average molecular weight is 252 g/mol. The van der Waals surface area contributed by atoms with Crippen LogP contribution in [0.2, 0.25) is 0 Å². The minimum absolute atomic E-state index is 0.316. The van der Waals surface area contributed by atoms with Gasteiger partial charge in [0.2, 0.25) is 0 Å². The molecule has 0 spiro atoms. The molecule has 0 aliphatic heterocycles. The Morgan fingerprint density at radius 1 is 1.00 bits per heavy atom. The van der Waals surface area contributed by atoms with E-state index in [2.05, 4.69) is 19.1 Å². The molecule has 0 atom stereocenters. The summed E-state index contributed by atoms with van der Waals surface area (Å²) in [7, 11) is 1.39. The number of hydrogen-bond donors (Lipinski definition) is 0. The summed E-state index contributed by atoms with van der Waals surface area (Å²) in [6.45, 7) is 2.06. The van der Waals surface area contributed by atoms with Gasteiger partial charge in [-0.15, -0.1) is 0 Å². The Balaban J connectivity index is 2.28. The number of ether oxygens (including phenoxy) is 1. The predicted octanol–water partition coefficient (Wildman–Crippen LogP) is 3.95. The summed E-state index contributed by atoms with van der Waals surface area (Å²) in [5.41, 5.74) is 3.76. The fourth-order valence-electron chi connectivity index (χ4n) is 1.80. The van der Waals surface area contributed by atoms with Crippen molar-refractivity contribution < 1.29 is 9.53 Å². The molecule has 0 aliphatic carbocycles. The van der Waals surface area contributed by atoms with Crippen molar-refractivity contribution in [1.82, 2.24) is 0 Å². The molecule has 0 aliphatic rings. The quantitative estimate of drug-likeness (QED) is 0.610. The monoisotopic (exact) mass is 252 g/mol. The molecule has 0 heterocycles. The Kier molecular flexibility index (Phi) is 4.14. The first-order valence-electron chi connectivity index (χ1n) is 6.13.